The molecule has 3 aromatic rings. The minimum atomic E-state index is -4.08. The number of benzene rings is 3. The van der Waals surface area contributed by atoms with Gasteiger partial charge in [-0.3, -0.25) is 23.4 Å². The lowest BCUT2D eigenvalue weighted by molar-refractivity contribution is -0.118. The molecule has 2 aliphatic rings. The minimum Gasteiger partial charge on any atom is -0.362 e. The van der Waals surface area contributed by atoms with Crippen LogP contribution < -0.4 is 5.32 Å². The van der Waals surface area contributed by atoms with Gasteiger partial charge in [-0.05, 0) is 50.2 Å². The van der Waals surface area contributed by atoms with Crippen LogP contribution in [0.15, 0.2) is 89.5 Å². The largest absolute Gasteiger partial charge is 0.362 e. The highest BCUT2D eigenvalue weighted by atomic mass is 32.2. The van der Waals surface area contributed by atoms with E-state index < -0.39 is 22.6 Å². The second-order valence-corrected chi connectivity index (χ2v) is 11.8. The molecule has 0 spiro atoms. The Kier molecular flexibility index (Phi) is 8.06. The predicted octanol–water partition coefficient (Wildman–Crippen LogP) is 3.45. The van der Waals surface area contributed by atoms with Gasteiger partial charge in [0.2, 0.25) is 5.78 Å². The van der Waals surface area contributed by atoms with Crippen molar-refractivity contribution in [3.05, 3.63) is 107 Å². The number of aryl methyl sites for hydroxylation is 1. The summed E-state index contributed by atoms with van der Waals surface area (Å²) in [4.78, 5) is 54.7. The number of nitrogens with one attached hydrogen (secondary N) is 1. The van der Waals surface area contributed by atoms with Gasteiger partial charge in [0, 0.05) is 54.1 Å². The lowest BCUT2D eigenvalue weighted by Crippen LogP contribution is -2.54. The molecule has 42 heavy (non-hydrogen) atoms. The molecule has 5 rings (SSSR count). The van der Waals surface area contributed by atoms with E-state index in [1.54, 1.807) is 65.6 Å². The van der Waals surface area contributed by atoms with Crippen LogP contribution in [0.1, 0.15) is 43.6 Å². The molecule has 0 aromatic heterocycles. The van der Waals surface area contributed by atoms with E-state index in [1.165, 1.54) is 18.2 Å². The number of rotatable bonds is 7. The maximum Gasteiger partial charge on any atom is 0.297 e. The van der Waals surface area contributed by atoms with Gasteiger partial charge in [0.05, 0.1) is 10.6 Å². The summed E-state index contributed by atoms with van der Waals surface area (Å²) in [6.45, 7) is 4.12. The van der Waals surface area contributed by atoms with Crippen LogP contribution in [0, 0.1) is 6.92 Å². The van der Waals surface area contributed by atoms with Gasteiger partial charge in [0.25, 0.3) is 21.9 Å². The van der Waals surface area contributed by atoms with Crippen LogP contribution in [0.25, 0.3) is 0 Å². The Morgan fingerprint density at radius 2 is 1.60 bits per heavy atom. The molecule has 0 radical (unpaired) electrons. The van der Waals surface area contributed by atoms with E-state index in [4.69, 9.17) is 4.18 Å². The molecule has 3 aromatic carbocycles. The van der Waals surface area contributed by atoms with Gasteiger partial charge in [-0.15, -0.1) is 0 Å². The van der Waals surface area contributed by atoms with Crippen molar-refractivity contribution in [3.8, 4) is 0 Å². The molecule has 1 fully saturated rings. The highest BCUT2D eigenvalue weighted by Gasteiger charge is 2.34. The Balaban J connectivity index is 1.16. The topological polar surface area (TPSA) is 130 Å². The van der Waals surface area contributed by atoms with Crippen molar-refractivity contribution in [3.63, 3.8) is 0 Å². The minimum absolute atomic E-state index is 0.0418. The molecular weight excluding hydrogens is 558 g/mol. The zero-order chi connectivity index (χ0) is 30.0. The van der Waals surface area contributed by atoms with E-state index in [0.717, 1.165) is 5.56 Å². The molecule has 216 valence electrons. The lowest BCUT2D eigenvalue weighted by atomic mass is 9.91. The summed E-state index contributed by atoms with van der Waals surface area (Å²) >= 11 is 0. The maximum absolute atomic E-state index is 13.2. The molecular formula is C31H29N3O7S. The van der Waals surface area contributed by atoms with Gasteiger partial charge in [-0.1, -0.05) is 42.0 Å². The highest BCUT2D eigenvalue weighted by molar-refractivity contribution is 7.86. The highest BCUT2D eigenvalue weighted by Crippen LogP contribution is 2.27. The second kappa shape index (κ2) is 11.7. The SMILES string of the molecule is Cc1ccc(S(=O)(=O)OCC(=O)Nc2ccc(C(=O)N3CCN(C4=CC(=O)c5ccccc5C4=O)C(C)C3)cc2)cc1. The van der Waals surface area contributed by atoms with E-state index in [9.17, 15) is 27.6 Å². The average molecular weight is 588 g/mol. The molecule has 1 aliphatic heterocycles. The number of carbonyl (C=O) groups is 4. The molecule has 1 atom stereocenters. The third-order valence-electron chi connectivity index (χ3n) is 7.23. The number of anilines is 1. The van der Waals surface area contributed by atoms with Crippen LogP contribution in [0.3, 0.4) is 0 Å². The number of fused-ring (bicyclic) bond motifs is 1. The molecule has 0 bridgehead atoms. The number of nitrogens with zero attached hydrogens (tertiary/aromatic N) is 2. The number of Topliss-reactive ketones (excluding diaryl/α,β-unsaturated/α-hetero) is 1. The van der Waals surface area contributed by atoms with Crippen molar-refractivity contribution < 1.29 is 31.8 Å². The molecule has 1 heterocycles. The number of hydrogen-bond donors (Lipinski definition) is 1. The van der Waals surface area contributed by atoms with Gasteiger partial charge in [-0.2, -0.15) is 8.42 Å². The molecule has 1 N–H and O–H groups in total. The summed E-state index contributed by atoms with van der Waals surface area (Å²) in [5.74, 6) is -1.29. The summed E-state index contributed by atoms with van der Waals surface area (Å²) in [7, 11) is -4.08. The summed E-state index contributed by atoms with van der Waals surface area (Å²) in [6.07, 6.45) is 1.38. The first-order valence-electron chi connectivity index (χ1n) is 13.3. The van der Waals surface area contributed by atoms with Crippen molar-refractivity contribution in [1.29, 1.82) is 0 Å². The predicted molar refractivity (Wildman–Crippen MR) is 155 cm³/mol. The van der Waals surface area contributed by atoms with E-state index in [2.05, 4.69) is 5.32 Å². The van der Waals surface area contributed by atoms with E-state index in [0.29, 0.717) is 47.7 Å². The average Bonchev–Trinajstić information content (AvgIpc) is 2.98. The summed E-state index contributed by atoms with van der Waals surface area (Å²) in [5.41, 5.74) is 2.80. The molecule has 10 nitrogen and oxygen atoms in total. The molecule has 11 heteroatoms. The van der Waals surface area contributed by atoms with Crippen molar-refractivity contribution in [2.75, 3.05) is 31.6 Å². The molecule has 2 amide bonds. The lowest BCUT2D eigenvalue weighted by Gasteiger charge is -2.42. The first-order valence-corrected chi connectivity index (χ1v) is 14.8. The fourth-order valence-corrected chi connectivity index (χ4v) is 5.86. The number of allylic oxidation sites excluding steroid dienone is 2. The fourth-order valence-electron chi connectivity index (χ4n) is 4.99. The van der Waals surface area contributed by atoms with Crippen LogP contribution in [0.5, 0.6) is 0 Å². The summed E-state index contributed by atoms with van der Waals surface area (Å²) < 4.78 is 29.5. The van der Waals surface area contributed by atoms with E-state index in [-0.39, 0.29) is 28.4 Å². The molecule has 1 saturated heterocycles. The fraction of sp³-hybridized carbons (Fsp3) is 0.226. The third-order valence-corrected chi connectivity index (χ3v) is 8.51. The number of ketones is 2. The first-order chi connectivity index (χ1) is 20.0. The van der Waals surface area contributed by atoms with Crippen molar-refractivity contribution in [2.45, 2.75) is 24.8 Å². The quantitative estimate of drug-likeness (QED) is 0.416. The van der Waals surface area contributed by atoms with E-state index >= 15 is 0 Å². The van der Waals surface area contributed by atoms with Gasteiger partial charge in [0.1, 0.15) is 6.61 Å². The summed E-state index contributed by atoms with van der Waals surface area (Å²) in [6, 6.07) is 18.9. The second-order valence-electron chi connectivity index (χ2n) is 10.2. The van der Waals surface area contributed by atoms with Crippen molar-refractivity contribution >= 4 is 39.2 Å². The zero-order valence-electron chi connectivity index (χ0n) is 23.1. The Hall–Kier alpha value is -4.61. The zero-order valence-corrected chi connectivity index (χ0v) is 23.9. The third kappa shape index (κ3) is 6.02. The van der Waals surface area contributed by atoms with Crippen LogP contribution in [0.2, 0.25) is 0 Å². The number of piperazine rings is 1. The Bertz CT molecular complexity index is 1700. The monoisotopic (exact) mass is 587 g/mol. The normalized spacial score (nSPS) is 17.0. The van der Waals surface area contributed by atoms with Crippen LogP contribution in [0.4, 0.5) is 5.69 Å². The standard InChI is InChI=1S/C31H29N3O7S/c1-20-7-13-24(14-8-20)42(39,40)41-19-29(36)32-23-11-9-22(10-12-23)31(38)33-15-16-34(21(2)18-33)27-17-28(35)25-5-3-4-6-26(25)30(27)37/h3-14,17,21H,15-16,18-19H2,1-2H3,(H,32,36). The van der Waals surface area contributed by atoms with Crippen molar-refractivity contribution in [2.24, 2.45) is 0 Å². The summed E-state index contributed by atoms with van der Waals surface area (Å²) in [5, 5.41) is 2.56. The molecule has 1 unspecified atom stereocenters. The van der Waals surface area contributed by atoms with Gasteiger partial charge in [0.15, 0.2) is 5.78 Å². The number of carbonyl (C=O) groups excluding carboxylic acids is 4. The van der Waals surface area contributed by atoms with Crippen molar-refractivity contribution in [1.82, 2.24) is 9.80 Å². The molecule has 1 aliphatic carbocycles. The Morgan fingerprint density at radius 3 is 2.26 bits per heavy atom. The Labute approximate surface area is 243 Å². The van der Waals surface area contributed by atoms with Gasteiger partial charge < -0.3 is 15.1 Å². The maximum atomic E-state index is 13.2. The van der Waals surface area contributed by atoms with Crippen LogP contribution in [-0.4, -0.2) is 73.9 Å². The van der Waals surface area contributed by atoms with Crippen LogP contribution >= 0.6 is 0 Å². The Morgan fingerprint density at radius 1 is 0.929 bits per heavy atom. The van der Waals surface area contributed by atoms with Gasteiger partial charge >= 0.3 is 0 Å². The molecule has 0 saturated carbocycles. The first kappa shape index (κ1) is 28.9. The smallest absolute Gasteiger partial charge is 0.297 e. The van der Waals surface area contributed by atoms with Crippen LogP contribution in [-0.2, 0) is 19.1 Å². The van der Waals surface area contributed by atoms with E-state index in [1.807, 2.05) is 18.7 Å². The number of hydrogen-bond acceptors (Lipinski definition) is 8. The number of amides is 2. The van der Waals surface area contributed by atoms with Gasteiger partial charge in [-0.25, -0.2) is 0 Å².